The molecule has 0 radical (unpaired) electrons. The van der Waals surface area contributed by atoms with Crippen molar-refractivity contribution in [3.8, 4) is 11.8 Å². The molecular weight excluding hydrogens is 500 g/mol. The van der Waals surface area contributed by atoms with E-state index >= 15 is 0 Å². The Morgan fingerprint density at radius 3 is 2.60 bits per heavy atom. The molecule has 2 fully saturated rings. The van der Waals surface area contributed by atoms with Gasteiger partial charge in [0.15, 0.2) is 5.58 Å². The van der Waals surface area contributed by atoms with Crippen LogP contribution in [0.3, 0.4) is 0 Å². The molecule has 1 N–H and O–H groups in total. The number of aromatic nitrogens is 1. The van der Waals surface area contributed by atoms with Crippen molar-refractivity contribution < 1.29 is 14.4 Å². The lowest BCUT2D eigenvalue weighted by molar-refractivity contribution is 0.115. The van der Waals surface area contributed by atoms with Gasteiger partial charge in [0.05, 0.1) is 22.9 Å². The second kappa shape index (κ2) is 15.2. The molecule has 1 aromatic carbocycles. The van der Waals surface area contributed by atoms with Gasteiger partial charge in [-0.2, -0.15) is 5.26 Å². The molecular formula is C33H48N4O3. The van der Waals surface area contributed by atoms with Gasteiger partial charge in [-0.25, -0.2) is 0 Å². The fraction of sp³-hybridized carbons (Fsp3) is 0.576. The molecule has 2 aromatic rings. The van der Waals surface area contributed by atoms with Crippen LogP contribution < -0.4 is 4.74 Å². The first-order chi connectivity index (χ1) is 19.4. The molecule has 40 heavy (non-hydrogen) atoms. The molecule has 1 aliphatic carbocycles. The van der Waals surface area contributed by atoms with Crippen molar-refractivity contribution >= 4 is 11.0 Å². The number of nitriles is 1. The van der Waals surface area contributed by atoms with Gasteiger partial charge in [-0.3, -0.25) is 0 Å². The Morgan fingerprint density at radius 1 is 1.27 bits per heavy atom. The van der Waals surface area contributed by atoms with Gasteiger partial charge in [-0.15, -0.1) is 0 Å². The van der Waals surface area contributed by atoms with E-state index in [2.05, 4.69) is 33.7 Å². The van der Waals surface area contributed by atoms with Gasteiger partial charge in [0, 0.05) is 30.5 Å². The maximum absolute atomic E-state index is 9.64. The summed E-state index contributed by atoms with van der Waals surface area (Å²) < 4.78 is 12.1. The lowest BCUT2D eigenvalue weighted by Gasteiger charge is -2.34. The molecule has 1 aromatic heterocycles. The Labute approximate surface area is 240 Å². The molecule has 2 heterocycles. The van der Waals surface area contributed by atoms with E-state index < -0.39 is 0 Å². The zero-order valence-electron chi connectivity index (χ0n) is 25.2. The molecule has 0 spiro atoms. The summed E-state index contributed by atoms with van der Waals surface area (Å²) in [6, 6.07) is 6.21. The second-order valence-electron chi connectivity index (χ2n) is 11.4. The number of rotatable bonds is 13. The molecule has 4 rings (SSSR count). The number of piperidine rings is 1. The second-order valence-corrected chi connectivity index (χ2v) is 11.4. The maximum Gasteiger partial charge on any atom is 0.175 e. The highest BCUT2D eigenvalue weighted by atomic mass is 16.5. The van der Waals surface area contributed by atoms with E-state index in [0.29, 0.717) is 31.2 Å². The van der Waals surface area contributed by atoms with Crippen LogP contribution in [-0.4, -0.2) is 67.0 Å². The molecule has 0 atom stereocenters. The summed E-state index contributed by atoms with van der Waals surface area (Å²) in [5.74, 6) is 1.50. The van der Waals surface area contributed by atoms with Gasteiger partial charge in [0.2, 0.25) is 0 Å². The summed E-state index contributed by atoms with van der Waals surface area (Å²) in [5, 5.41) is 24.3. The first kappa shape index (κ1) is 31.6. The van der Waals surface area contributed by atoms with Crippen LogP contribution in [0.15, 0.2) is 52.6 Å². The summed E-state index contributed by atoms with van der Waals surface area (Å²) in [7, 11) is 4.07. The third kappa shape index (κ3) is 8.54. The van der Waals surface area contributed by atoms with Gasteiger partial charge in [-0.1, -0.05) is 37.7 Å². The number of hydrogen-bond acceptors (Lipinski definition) is 7. The van der Waals surface area contributed by atoms with E-state index in [-0.39, 0.29) is 5.41 Å². The summed E-state index contributed by atoms with van der Waals surface area (Å²) in [6.45, 7) is 14.4. The van der Waals surface area contributed by atoms with Crippen molar-refractivity contribution in [3.63, 3.8) is 0 Å². The fourth-order valence-electron chi connectivity index (χ4n) is 5.29. The third-order valence-corrected chi connectivity index (χ3v) is 7.95. The molecule has 1 aliphatic heterocycles. The number of aliphatic hydroxyl groups is 1. The number of likely N-dealkylation sites (tertiary alicyclic amines) is 1. The van der Waals surface area contributed by atoms with Gasteiger partial charge in [0.1, 0.15) is 12.4 Å². The van der Waals surface area contributed by atoms with E-state index in [1.165, 1.54) is 25.7 Å². The number of nitrogens with zero attached hydrogens (tertiary/aromatic N) is 4. The number of ether oxygens (including phenoxy) is 1. The summed E-state index contributed by atoms with van der Waals surface area (Å²) in [4.78, 5) is 4.66. The largest absolute Gasteiger partial charge is 0.489 e. The highest BCUT2D eigenvalue weighted by Crippen LogP contribution is 2.46. The molecule has 1 saturated heterocycles. The number of fused-ring (bicyclic) bond motifs is 1. The van der Waals surface area contributed by atoms with Gasteiger partial charge in [0.25, 0.3) is 0 Å². The van der Waals surface area contributed by atoms with Crippen molar-refractivity contribution in [2.45, 2.75) is 65.8 Å². The lowest BCUT2D eigenvalue weighted by atomic mass is 9.90. The Morgan fingerprint density at radius 2 is 2.00 bits per heavy atom. The maximum atomic E-state index is 9.64. The first-order valence-electron chi connectivity index (χ1n) is 14.8. The van der Waals surface area contributed by atoms with E-state index in [4.69, 9.17) is 14.5 Å². The predicted octanol–water partition coefficient (Wildman–Crippen LogP) is 6.29. The summed E-state index contributed by atoms with van der Waals surface area (Å²) in [6.07, 6.45) is 12.0. The summed E-state index contributed by atoms with van der Waals surface area (Å²) >= 11 is 0. The average Bonchev–Trinajstić information content (AvgIpc) is 3.62. The zero-order valence-corrected chi connectivity index (χ0v) is 25.2. The minimum atomic E-state index is 0.206. The fourth-order valence-corrected chi connectivity index (χ4v) is 5.29. The molecule has 0 bridgehead atoms. The van der Waals surface area contributed by atoms with E-state index in [1.54, 1.807) is 12.2 Å². The van der Waals surface area contributed by atoms with Gasteiger partial charge in [-0.05, 0) is 102 Å². The number of aryl methyl sites for hydroxylation is 1. The molecule has 0 unspecified atom stereocenters. The van der Waals surface area contributed by atoms with Crippen molar-refractivity contribution in [3.05, 3.63) is 59.3 Å². The monoisotopic (exact) mass is 548 g/mol. The van der Waals surface area contributed by atoms with Crippen molar-refractivity contribution in [2.24, 2.45) is 11.3 Å². The van der Waals surface area contributed by atoms with Crippen molar-refractivity contribution in [1.29, 1.82) is 5.26 Å². The third-order valence-electron chi connectivity index (χ3n) is 7.95. The van der Waals surface area contributed by atoms with Crippen molar-refractivity contribution in [2.75, 3.05) is 46.9 Å². The molecule has 7 heteroatoms. The van der Waals surface area contributed by atoms with Crippen LogP contribution in [0.2, 0.25) is 0 Å². The Balaban J connectivity index is 0.00000216. The number of benzene rings is 1. The van der Waals surface area contributed by atoms with Crippen LogP contribution >= 0.6 is 0 Å². The van der Waals surface area contributed by atoms with Gasteiger partial charge >= 0.3 is 0 Å². The standard InChI is InChI=1S/C31H42N4O3.C2H6/c1-5-24(18-32)7-6-23(2)20-37-29-11-9-26-28(33-38-30(26)27(29)19-34(3)4)10-8-25-12-16-35(17-13-25)21-31(22-36)14-15-31;1-2/h5-7,9,11,25,36H,1,8,10,12-17,19-22H2,2-4H3;1-2H3/b23-6+,24-7+;. The van der Waals surface area contributed by atoms with Crippen LogP contribution in [0.4, 0.5) is 0 Å². The Hall–Kier alpha value is -2.92. The minimum absolute atomic E-state index is 0.206. The van der Waals surface area contributed by atoms with Crippen LogP contribution in [0, 0.1) is 22.7 Å². The molecule has 0 amide bonds. The highest BCUT2D eigenvalue weighted by Gasteiger charge is 2.43. The zero-order chi connectivity index (χ0) is 29.1. The summed E-state index contributed by atoms with van der Waals surface area (Å²) in [5.41, 5.74) is 4.57. The van der Waals surface area contributed by atoms with Crippen LogP contribution in [-0.2, 0) is 13.0 Å². The highest BCUT2D eigenvalue weighted by molar-refractivity contribution is 5.84. The van der Waals surface area contributed by atoms with Crippen molar-refractivity contribution in [1.82, 2.24) is 15.0 Å². The predicted molar refractivity (Wildman–Crippen MR) is 162 cm³/mol. The normalized spacial score (nSPS) is 17.9. The number of aliphatic hydroxyl groups excluding tert-OH is 1. The number of allylic oxidation sites excluding steroid dienone is 4. The van der Waals surface area contributed by atoms with Crippen LogP contribution in [0.5, 0.6) is 5.75 Å². The SMILES string of the molecule is C=C/C(C#N)=C\C=C(/C)COc1ccc2c(CCC3CCN(CC4(CO)CC4)CC3)noc2c1CN(C)C.CC. The smallest absolute Gasteiger partial charge is 0.175 e. The van der Waals surface area contributed by atoms with Crippen LogP contribution in [0.25, 0.3) is 11.0 Å². The van der Waals surface area contributed by atoms with Gasteiger partial charge < -0.3 is 24.2 Å². The molecule has 218 valence electrons. The van der Waals surface area contributed by atoms with E-state index in [9.17, 15) is 5.11 Å². The quantitative estimate of drug-likeness (QED) is 0.232. The van der Waals surface area contributed by atoms with E-state index in [0.717, 1.165) is 66.0 Å². The number of hydrogen-bond donors (Lipinski definition) is 1. The average molecular weight is 549 g/mol. The Bertz CT molecular complexity index is 1210. The molecule has 2 aliphatic rings. The van der Waals surface area contributed by atoms with E-state index in [1.807, 2.05) is 47.0 Å². The first-order valence-corrected chi connectivity index (χ1v) is 14.8. The van der Waals surface area contributed by atoms with Crippen LogP contribution in [0.1, 0.15) is 64.1 Å². The molecule has 7 nitrogen and oxygen atoms in total. The minimum Gasteiger partial charge on any atom is -0.489 e. The lowest BCUT2D eigenvalue weighted by Crippen LogP contribution is -2.38. The molecule has 1 saturated carbocycles. The Kier molecular flexibility index (Phi) is 12.0. The topological polar surface area (TPSA) is 85.8 Å².